The molecule has 0 atom stereocenters. The van der Waals surface area contributed by atoms with Crippen LogP contribution in [0.5, 0.6) is 5.75 Å². The maximum atomic E-state index is 13.3. The highest BCUT2D eigenvalue weighted by atomic mass is 19.3. The predicted octanol–water partition coefficient (Wildman–Crippen LogP) is 8.21. The molecule has 4 amide bonds. The fourth-order valence-electron chi connectivity index (χ4n) is 5.38. The molecule has 0 saturated carbocycles. The molecule has 5 rings (SSSR count). The summed E-state index contributed by atoms with van der Waals surface area (Å²) in [6, 6.07) is 22.9. The Balaban J connectivity index is 1.18. The Hall–Kier alpha value is -4.93. The first-order chi connectivity index (χ1) is 21.9. The summed E-state index contributed by atoms with van der Waals surface area (Å²) < 4.78 is 30.9. The van der Waals surface area contributed by atoms with Gasteiger partial charge in [0, 0.05) is 35.9 Å². The van der Waals surface area contributed by atoms with E-state index in [9.17, 15) is 18.4 Å². The summed E-state index contributed by atoms with van der Waals surface area (Å²) in [6.07, 6.45) is 2.37. The minimum Gasteiger partial charge on any atom is -0.435 e. The summed E-state index contributed by atoms with van der Waals surface area (Å²) in [7, 11) is 0. The number of piperidine rings is 1. The molecule has 0 unspecified atom stereocenters. The van der Waals surface area contributed by atoms with Crippen molar-refractivity contribution in [3.63, 3.8) is 0 Å². The first-order valence-electron chi connectivity index (χ1n) is 15.4. The predicted molar refractivity (Wildman–Crippen MR) is 176 cm³/mol. The van der Waals surface area contributed by atoms with Crippen LogP contribution in [0.2, 0.25) is 0 Å². The number of urea groups is 2. The number of benzene rings is 3. The Kier molecular flexibility index (Phi) is 9.89. The Morgan fingerprint density at radius 1 is 0.935 bits per heavy atom. The van der Waals surface area contributed by atoms with Crippen molar-refractivity contribution in [1.82, 2.24) is 14.7 Å². The normalized spacial score (nSPS) is 13.8. The number of alkyl halides is 2. The number of ether oxygens (including phenoxy) is 1. The van der Waals surface area contributed by atoms with Crippen molar-refractivity contribution in [2.45, 2.75) is 59.0 Å². The van der Waals surface area contributed by atoms with Crippen LogP contribution in [0.3, 0.4) is 0 Å². The van der Waals surface area contributed by atoms with E-state index in [0.717, 1.165) is 47.5 Å². The second-order valence-corrected chi connectivity index (χ2v) is 12.6. The van der Waals surface area contributed by atoms with Gasteiger partial charge >= 0.3 is 18.7 Å². The largest absolute Gasteiger partial charge is 0.435 e. The van der Waals surface area contributed by atoms with Gasteiger partial charge in [-0.1, -0.05) is 56.7 Å². The van der Waals surface area contributed by atoms with Crippen LogP contribution in [0.25, 0.3) is 5.69 Å². The second kappa shape index (κ2) is 14.0. The number of para-hydroxylation sites is 1. The average molecular weight is 631 g/mol. The maximum Gasteiger partial charge on any atom is 0.387 e. The van der Waals surface area contributed by atoms with E-state index in [2.05, 4.69) is 41.5 Å². The zero-order chi connectivity index (χ0) is 32.8. The van der Waals surface area contributed by atoms with Gasteiger partial charge in [-0.3, -0.25) is 5.32 Å². The van der Waals surface area contributed by atoms with E-state index in [-0.39, 0.29) is 23.2 Å². The number of aromatic nitrogens is 2. The van der Waals surface area contributed by atoms with Gasteiger partial charge in [-0.25, -0.2) is 14.3 Å². The highest BCUT2D eigenvalue weighted by Gasteiger charge is 2.25. The zero-order valence-electron chi connectivity index (χ0n) is 26.5. The molecule has 1 aromatic heterocycles. The van der Waals surface area contributed by atoms with Crippen LogP contribution in [-0.2, 0) is 11.8 Å². The number of halogens is 2. The van der Waals surface area contributed by atoms with Gasteiger partial charge in [-0.05, 0) is 80.1 Å². The van der Waals surface area contributed by atoms with Crippen molar-refractivity contribution in [2.75, 3.05) is 29.0 Å². The van der Waals surface area contributed by atoms with Gasteiger partial charge in [0.2, 0.25) is 0 Å². The summed E-state index contributed by atoms with van der Waals surface area (Å²) in [5.74, 6) is 0.939. The molecule has 4 aromatic rings. The Bertz CT molecular complexity index is 1640. The van der Waals surface area contributed by atoms with Gasteiger partial charge in [-0.2, -0.15) is 13.9 Å². The number of likely N-dealkylation sites (tertiary alicyclic amines) is 1. The Morgan fingerprint density at radius 2 is 1.61 bits per heavy atom. The van der Waals surface area contributed by atoms with Crippen LogP contribution in [-0.4, -0.2) is 46.4 Å². The summed E-state index contributed by atoms with van der Waals surface area (Å²) in [6.45, 7) is 6.54. The van der Waals surface area contributed by atoms with Crippen molar-refractivity contribution < 1.29 is 23.1 Å². The molecule has 1 aliphatic heterocycles. The number of nitrogens with one attached hydrogen (secondary N) is 3. The number of anilines is 3. The summed E-state index contributed by atoms with van der Waals surface area (Å²) in [4.78, 5) is 27.9. The molecule has 0 bridgehead atoms. The first-order valence-corrected chi connectivity index (χ1v) is 15.4. The number of carbonyl (C=O) groups is 2. The topological polar surface area (TPSA) is 101 Å². The minimum atomic E-state index is -2.90. The van der Waals surface area contributed by atoms with E-state index >= 15 is 0 Å². The summed E-state index contributed by atoms with van der Waals surface area (Å²) >= 11 is 0. The molecule has 3 aromatic carbocycles. The molecule has 2 heterocycles. The van der Waals surface area contributed by atoms with Crippen LogP contribution >= 0.6 is 0 Å². The highest BCUT2D eigenvalue weighted by molar-refractivity contribution is 6.00. The molecule has 0 aliphatic carbocycles. The SMILES string of the molecule is Cc1ccc(-n2nc(C(C)(C)C)cc2NC(=O)Nc2ccccc2CC2CCN(C(=O)Nc3ccc(OC(F)F)cc3)CC2)cc1. The zero-order valence-corrected chi connectivity index (χ0v) is 26.5. The third kappa shape index (κ3) is 8.41. The number of hydrogen-bond acceptors (Lipinski definition) is 4. The molecule has 11 heteroatoms. The molecule has 1 fully saturated rings. The van der Waals surface area contributed by atoms with E-state index in [1.165, 1.54) is 24.3 Å². The van der Waals surface area contributed by atoms with E-state index < -0.39 is 6.61 Å². The smallest absolute Gasteiger partial charge is 0.387 e. The molecule has 9 nitrogen and oxygen atoms in total. The molecule has 0 spiro atoms. The standard InChI is InChI=1S/C35H40F2N6O3/c1-23-9-13-27(14-10-23)43-31(22-30(41-43)35(2,3)4)40-33(44)39-29-8-6-5-7-25(29)21-24-17-19-42(20-18-24)34(45)38-26-11-15-28(16-12-26)46-32(36)37/h5-16,22,24,32H,17-21H2,1-4H3,(H,38,45)(H2,39,40,44). The second-order valence-electron chi connectivity index (χ2n) is 12.6. The van der Waals surface area contributed by atoms with Crippen molar-refractivity contribution in [3.8, 4) is 11.4 Å². The molecule has 1 saturated heterocycles. The maximum absolute atomic E-state index is 13.3. The molecule has 1 aliphatic rings. The molecular formula is C35H40F2N6O3. The van der Waals surface area contributed by atoms with Crippen LogP contribution in [0.1, 0.15) is 50.4 Å². The van der Waals surface area contributed by atoms with Crippen molar-refractivity contribution in [3.05, 3.63) is 95.7 Å². The van der Waals surface area contributed by atoms with Crippen LogP contribution in [0.4, 0.5) is 35.6 Å². The summed E-state index contributed by atoms with van der Waals surface area (Å²) in [5.41, 5.74) is 4.91. The van der Waals surface area contributed by atoms with Crippen molar-refractivity contribution in [1.29, 1.82) is 0 Å². The molecule has 3 N–H and O–H groups in total. The lowest BCUT2D eigenvalue weighted by atomic mass is 9.89. The Labute approximate surface area is 267 Å². The highest BCUT2D eigenvalue weighted by Crippen LogP contribution is 2.29. The number of carbonyl (C=O) groups excluding carboxylic acids is 2. The number of aryl methyl sites for hydroxylation is 1. The van der Waals surface area contributed by atoms with E-state index in [0.29, 0.717) is 30.5 Å². The monoisotopic (exact) mass is 630 g/mol. The van der Waals surface area contributed by atoms with Crippen LogP contribution in [0, 0.1) is 12.8 Å². The van der Waals surface area contributed by atoms with Gasteiger partial charge in [0.25, 0.3) is 0 Å². The number of hydrogen-bond donors (Lipinski definition) is 3. The quantitative estimate of drug-likeness (QED) is 0.183. The third-order valence-electron chi connectivity index (χ3n) is 8.00. The van der Waals surface area contributed by atoms with Gasteiger partial charge in [-0.15, -0.1) is 0 Å². The average Bonchev–Trinajstić information content (AvgIpc) is 3.44. The van der Waals surface area contributed by atoms with Crippen molar-refractivity contribution >= 4 is 29.3 Å². The summed E-state index contributed by atoms with van der Waals surface area (Å²) in [5, 5.41) is 13.7. The van der Waals surface area contributed by atoms with Crippen LogP contribution in [0.15, 0.2) is 78.9 Å². The number of rotatable bonds is 8. The molecule has 0 radical (unpaired) electrons. The first kappa shape index (κ1) is 32.5. The van der Waals surface area contributed by atoms with E-state index in [1.54, 1.807) is 9.58 Å². The molecule has 242 valence electrons. The Morgan fingerprint density at radius 3 is 2.26 bits per heavy atom. The fourth-order valence-corrected chi connectivity index (χ4v) is 5.38. The lowest BCUT2D eigenvalue weighted by Gasteiger charge is -2.32. The third-order valence-corrected chi connectivity index (χ3v) is 8.00. The molecule has 46 heavy (non-hydrogen) atoms. The van der Waals surface area contributed by atoms with Crippen LogP contribution < -0.4 is 20.7 Å². The number of nitrogens with zero attached hydrogens (tertiary/aromatic N) is 3. The van der Waals surface area contributed by atoms with Gasteiger partial charge in [0.05, 0.1) is 11.4 Å². The van der Waals surface area contributed by atoms with E-state index in [4.69, 9.17) is 5.10 Å². The minimum absolute atomic E-state index is 0.0320. The fraction of sp³-hybridized carbons (Fsp3) is 0.343. The van der Waals surface area contributed by atoms with E-state index in [1.807, 2.05) is 61.5 Å². The van der Waals surface area contributed by atoms with Gasteiger partial charge in [0.15, 0.2) is 0 Å². The lowest BCUT2D eigenvalue weighted by molar-refractivity contribution is -0.0498. The number of amides is 4. The molecular weight excluding hydrogens is 590 g/mol. The van der Waals surface area contributed by atoms with Gasteiger partial charge < -0.3 is 20.3 Å². The lowest BCUT2D eigenvalue weighted by Crippen LogP contribution is -2.41. The van der Waals surface area contributed by atoms with Gasteiger partial charge in [0.1, 0.15) is 11.6 Å². The van der Waals surface area contributed by atoms with Crippen molar-refractivity contribution in [2.24, 2.45) is 5.92 Å².